The van der Waals surface area contributed by atoms with E-state index in [9.17, 15) is 0 Å². The van der Waals surface area contributed by atoms with Crippen molar-refractivity contribution >= 4 is 49.9 Å². The number of hydrogen-bond donors (Lipinski definition) is 0. The van der Waals surface area contributed by atoms with E-state index >= 15 is 0 Å². The minimum absolute atomic E-state index is 0.190. The fourth-order valence-corrected chi connectivity index (χ4v) is 8.63. The number of allylic oxidation sites excluding steroid dienone is 5. The molecule has 0 bridgehead atoms. The maximum absolute atomic E-state index is 6.67. The molecule has 47 heavy (non-hydrogen) atoms. The van der Waals surface area contributed by atoms with Gasteiger partial charge < -0.3 is 4.42 Å². The van der Waals surface area contributed by atoms with Gasteiger partial charge >= 0.3 is 0 Å². The lowest BCUT2D eigenvalue weighted by Crippen LogP contribution is -2.41. The molecule has 3 aliphatic carbocycles. The summed E-state index contributed by atoms with van der Waals surface area (Å²) in [4.78, 5) is 0. The van der Waals surface area contributed by atoms with Gasteiger partial charge in [0.1, 0.15) is 11.2 Å². The van der Waals surface area contributed by atoms with Crippen molar-refractivity contribution in [3.05, 3.63) is 196 Å². The highest BCUT2D eigenvalue weighted by molar-refractivity contribution is 6.18. The smallest absolute Gasteiger partial charge is 0.143 e. The van der Waals surface area contributed by atoms with Crippen molar-refractivity contribution in [2.24, 2.45) is 11.8 Å². The van der Waals surface area contributed by atoms with Gasteiger partial charge in [0, 0.05) is 33.9 Å². The van der Waals surface area contributed by atoms with E-state index in [1.807, 2.05) is 0 Å². The van der Waals surface area contributed by atoms with Crippen molar-refractivity contribution in [3.63, 3.8) is 0 Å². The van der Waals surface area contributed by atoms with Crippen LogP contribution in [-0.4, -0.2) is 0 Å². The van der Waals surface area contributed by atoms with Crippen molar-refractivity contribution in [1.29, 1.82) is 0 Å². The molecule has 3 aliphatic rings. The third kappa shape index (κ3) is 4.03. The van der Waals surface area contributed by atoms with Crippen LogP contribution in [0, 0.1) is 11.8 Å². The molecule has 1 heteroatoms. The van der Waals surface area contributed by atoms with Crippen LogP contribution < -0.4 is 10.4 Å². The lowest BCUT2D eigenvalue weighted by molar-refractivity contribution is 0.667. The quantitative estimate of drug-likeness (QED) is 0.197. The lowest BCUT2D eigenvalue weighted by Gasteiger charge is -2.37. The second-order valence-electron chi connectivity index (χ2n) is 13.1. The van der Waals surface area contributed by atoms with Crippen LogP contribution in [0.4, 0.5) is 0 Å². The van der Waals surface area contributed by atoms with Gasteiger partial charge in [0.05, 0.1) is 0 Å². The van der Waals surface area contributed by atoms with Crippen LogP contribution in [0.1, 0.15) is 28.2 Å². The summed E-state index contributed by atoms with van der Waals surface area (Å²) in [6.07, 6.45) is 12.9. The van der Waals surface area contributed by atoms with Crippen molar-refractivity contribution in [2.75, 3.05) is 0 Å². The third-order valence-corrected chi connectivity index (χ3v) is 10.7. The normalized spacial score (nSPS) is 19.9. The molecule has 10 rings (SSSR count). The maximum Gasteiger partial charge on any atom is 0.143 e. The van der Waals surface area contributed by atoms with Crippen LogP contribution in [-0.2, 0) is 6.42 Å². The second kappa shape index (κ2) is 10.4. The van der Waals surface area contributed by atoms with Gasteiger partial charge in [-0.05, 0) is 73.4 Å². The Morgan fingerprint density at radius 1 is 0.553 bits per heavy atom. The average molecular weight is 601 g/mol. The molecule has 0 saturated carbocycles. The summed E-state index contributed by atoms with van der Waals surface area (Å²) in [5.74, 6) is 0.683. The molecule has 0 spiro atoms. The highest BCUT2D eigenvalue weighted by Crippen LogP contribution is 2.48. The Balaban J connectivity index is 1.31. The zero-order chi connectivity index (χ0) is 30.9. The first-order valence-electron chi connectivity index (χ1n) is 16.7. The molecule has 0 N–H and O–H groups in total. The first-order valence-corrected chi connectivity index (χ1v) is 16.7. The number of hydrogen-bond acceptors (Lipinski definition) is 1. The summed E-state index contributed by atoms with van der Waals surface area (Å²) in [6, 6.07) is 48.8. The predicted octanol–water partition coefficient (Wildman–Crippen LogP) is 9.88. The highest BCUT2D eigenvalue weighted by Gasteiger charge is 2.37. The molecule has 0 radical (unpaired) electrons. The fraction of sp³-hybridized carbons (Fsp3) is 0.0870. The van der Waals surface area contributed by atoms with Crippen LogP contribution in [0.15, 0.2) is 168 Å². The van der Waals surface area contributed by atoms with Gasteiger partial charge in [-0.2, -0.15) is 0 Å². The maximum atomic E-state index is 6.67. The average Bonchev–Trinajstić information content (AvgIpc) is 3.53. The van der Waals surface area contributed by atoms with E-state index in [0.717, 1.165) is 23.0 Å². The Kier molecular flexibility index (Phi) is 5.90. The van der Waals surface area contributed by atoms with Crippen LogP contribution >= 0.6 is 0 Å². The van der Waals surface area contributed by atoms with E-state index in [0.29, 0.717) is 0 Å². The molecule has 1 aromatic heterocycles. The zero-order valence-corrected chi connectivity index (χ0v) is 25.9. The topological polar surface area (TPSA) is 13.1 Å². The van der Waals surface area contributed by atoms with Gasteiger partial charge in [0.25, 0.3) is 0 Å². The summed E-state index contributed by atoms with van der Waals surface area (Å²) in [6.45, 7) is 0. The molecule has 0 saturated heterocycles. The Bertz CT molecular complexity index is 2610. The van der Waals surface area contributed by atoms with Crippen molar-refractivity contribution in [1.82, 2.24) is 0 Å². The first-order chi connectivity index (χ1) is 23.3. The van der Waals surface area contributed by atoms with Crippen LogP contribution in [0.5, 0.6) is 0 Å². The Hall–Kier alpha value is -5.66. The van der Waals surface area contributed by atoms with E-state index in [4.69, 9.17) is 4.42 Å². The highest BCUT2D eigenvalue weighted by atomic mass is 16.3. The molecular formula is C46H32O. The standard InChI is InChI=1S/C46H32O/c1-2-13-29(14-3-1)40-27-31-16-4-5-17-32(31)28-41(40)44-36-21-10-8-19-34(36)43(35-20-9-11-22-37(35)44)38-23-12-24-42-45(38)39-26-25-30-15-6-7-18-33(30)46(39)47-42/h1-26,28,34,36,40H,27H2. The Labute approximate surface area is 273 Å². The van der Waals surface area contributed by atoms with Gasteiger partial charge in [0.15, 0.2) is 0 Å². The summed E-state index contributed by atoms with van der Waals surface area (Å²) >= 11 is 0. The number of benzene rings is 6. The van der Waals surface area contributed by atoms with Gasteiger partial charge in [-0.3, -0.25) is 0 Å². The lowest BCUT2D eigenvalue weighted by atomic mass is 9.65. The van der Waals surface area contributed by atoms with Crippen molar-refractivity contribution < 1.29 is 4.42 Å². The van der Waals surface area contributed by atoms with E-state index in [-0.39, 0.29) is 17.8 Å². The molecule has 3 atom stereocenters. The van der Waals surface area contributed by atoms with Crippen LogP contribution in [0.25, 0.3) is 49.9 Å². The SMILES string of the molecule is C1=CC2C(C3=Cc4ccccc4CC3c3ccccc3)=c3ccccc3=C(c3cccc4oc5c6ccccc6ccc5c34)C2C=C1. The summed E-state index contributed by atoms with van der Waals surface area (Å²) in [5, 5.41) is 7.40. The fourth-order valence-electron chi connectivity index (χ4n) is 8.63. The number of fused-ring (bicyclic) bond motifs is 8. The second-order valence-corrected chi connectivity index (χ2v) is 13.1. The van der Waals surface area contributed by atoms with E-state index < -0.39 is 0 Å². The van der Waals surface area contributed by atoms with E-state index in [1.54, 1.807) is 0 Å². The molecule has 3 unspecified atom stereocenters. The molecule has 1 heterocycles. The van der Waals surface area contributed by atoms with Crippen LogP contribution in [0.2, 0.25) is 0 Å². The summed E-state index contributed by atoms with van der Waals surface area (Å²) in [5.41, 5.74) is 11.6. The van der Waals surface area contributed by atoms with E-state index in [2.05, 4.69) is 164 Å². The molecule has 0 aliphatic heterocycles. The van der Waals surface area contributed by atoms with Gasteiger partial charge in [0.2, 0.25) is 0 Å². The molecule has 7 aromatic rings. The largest absolute Gasteiger partial charge is 0.455 e. The minimum Gasteiger partial charge on any atom is -0.455 e. The van der Waals surface area contributed by atoms with E-state index in [1.165, 1.54) is 65.6 Å². The van der Waals surface area contributed by atoms with Crippen LogP contribution in [0.3, 0.4) is 0 Å². The van der Waals surface area contributed by atoms with Gasteiger partial charge in [-0.25, -0.2) is 0 Å². The Morgan fingerprint density at radius 3 is 2.15 bits per heavy atom. The Morgan fingerprint density at radius 2 is 1.28 bits per heavy atom. The molecular weight excluding hydrogens is 569 g/mol. The summed E-state index contributed by atoms with van der Waals surface area (Å²) in [7, 11) is 0. The monoisotopic (exact) mass is 600 g/mol. The third-order valence-electron chi connectivity index (χ3n) is 10.7. The molecule has 0 amide bonds. The molecule has 1 nitrogen and oxygen atoms in total. The molecule has 6 aromatic carbocycles. The molecule has 0 fully saturated rings. The number of rotatable bonds is 3. The first kappa shape index (κ1) is 26.5. The van der Waals surface area contributed by atoms with Crippen molar-refractivity contribution in [2.45, 2.75) is 12.3 Å². The predicted molar refractivity (Wildman–Crippen MR) is 195 cm³/mol. The summed E-state index contributed by atoms with van der Waals surface area (Å²) < 4.78 is 6.67. The minimum atomic E-state index is 0.190. The van der Waals surface area contributed by atoms with Crippen molar-refractivity contribution in [3.8, 4) is 0 Å². The molecule has 222 valence electrons. The number of furan rings is 1. The zero-order valence-electron chi connectivity index (χ0n) is 25.9. The van der Waals surface area contributed by atoms with Gasteiger partial charge in [-0.1, -0.05) is 152 Å². The van der Waals surface area contributed by atoms with Gasteiger partial charge in [-0.15, -0.1) is 0 Å².